The van der Waals surface area contributed by atoms with E-state index in [0.29, 0.717) is 17.9 Å². The van der Waals surface area contributed by atoms with Crippen LogP contribution in [0.4, 0.5) is 5.69 Å². The lowest BCUT2D eigenvalue weighted by atomic mass is 10.1. The fourth-order valence-electron chi connectivity index (χ4n) is 2.11. The van der Waals surface area contributed by atoms with Crippen LogP contribution in [0.3, 0.4) is 0 Å². The normalized spacial score (nSPS) is 10.8. The number of nitrogen functional groups attached to an aromatic ring is 1. The summed E-state index contributed by atoms with van der Waals surface area (Å²) in [6.45, 7) is 4.54. The molecule has 5 nitrogen and oxygen atoms in total. The Hall–Kier alpha value is -2.30. The number of anilines is 1. The van der Waals surface area contributed by atoms with Crippen LogP contribution in [0.1, 0.15) is 29.9 Å². The molecule has 0 aliphatic rings. The van der Waals surface area contributed by atoms with Gasteiger partial charge >= 0.3 is 0 Å². The summed E-state index contributed by atoms with van der Waals surface area (Å²) in [6, 6.07) is 9.44. The Morgan fingerprint density at radius 2 is 2.15 bits per heavy atom. The predicted molar refractivity (Wildman–Crippen MR) is 79.1 cm³/mol. The van der Waals surface area contributed by atoms with Gasteiger partial charge in [-0.25, -0.2) is 0 Å². The molecule has 106 valence electrons. The van der Waals surface area contributed by atoms with Crippen molar-refractivity contribution in [2.24, 2.45) is 7.05 Å². The third kappa shape index (κ3) is 2.99. The zero-order chi connectivity index (χ0) is 14.7. The van der Waals surface area contributed by atoms with E-state index in [1.807, 2.05) is 43.0 Å². The zero-order valence-electron chi connectivity index (χ0n) is 12.1. The van der Waals surface area contributed by atoms with Crippen LogP contribution in [0.15, 0.2) is 36.5 Å². The van der Waals surface area contributed by atoms with Crippen LogP contribution in [0.25, 0.3) is 0 Å². The van der Waals surface area contributed by atoms with Crippen molar-refractivity contribution < 1.29 is 4.79 Å². The number of carbonyl (C=O) groups is 1. The van der Waals surface area contributed by atoms with Crippen LogP contribution < -0.4 is 5.73 Å². The molecule has 5 heteroatoms. The van der Waals surface area contributed by atoms with E-state index in [4.69, 9.17) is 5.73 Å². The summed E-state index contributed by atoms with van der Waals surface area (Å²) < 4.78 is 1.59. The number of benzene rings is 1. The number of aryl methyl sites for hydroxylation is 1. The average molecular weight is 272 g/mol. The Morgan fingerprint density at radius 1 is 1.40 bits per heavy atom. The first-order valence-electron chi connectivity index (χ1n) is 6.62. The van der Waals surface area contributed by atoms with E-state index in [1.54, 1.807) is 24.0 Å². The number of amides is 1. The Morgan fingerprint density at radius 3 is 2.70 bits per heavy atom. The van der Waals surface area contributed by atoms with Crippen molar-refractivity contribution in [3.8, 4) is 0 Å². The minimum absolute atomic E-state index is 0.0255. The Labute approximate surface area is 119 Å². The first-order chi connectivity index (χ1) is 9.49. The molecule has 1 aromatic heterocycles. The van der Waals surface area contributed by atoms with Crippen LogP contribution in [-0.4, -0.2) is 26.6 Å². The van der Waals surface area contributed by atoms with Crippen molar-refractivity contribution in [3.63, 3.8) is 0 Å². The fourth-order valence-corrected chi connectivity index (χ4v) is 2.11. The number of nitrogens with zero attached hydrogens (tertiary/aromatic N) is 3. The highest BCUT2D eigenvalue weighted by Crippen LogP contribution is 2.14. The fraction of sp³-hybridized carbons (Fsp3) is 0.333. The molecular weight excluding hydrogens is 252 g/mol. The van der Waals surface area contributed by atoms with E-state index in [9.17, 15) is 4.79 Å². The van der Waals surface area contributed by atoms with E-state index < -0.39 is 0 Å². The highest BCUT2D eigenvalue weighted by molar-refractivity contribution is 5.92. The van der Waals surface area contributed by atoms with Gasteiger partial charge in [0.2, 0.25) is 0 Å². The van der Waals surface area contributed by atoms with Crippen molar-refractivity contribution in [1.82, 2.24) is 14.7 Å². The van der Waals surface area contributed by atoms with Gasteiger partial charge in [-0.05, 0) is 37.6 Å². The molecule has 0 spiro atoms. The lowest BCUT2D eigenvalue weighted by Crippen LogP contribution is -2.37. The zero-order valence-corrected chi connectivity index (χ0v) is 12.1. The molecule has 1 amide bonds. The molecule has 1 aromatic carbocycles. The summed E-state index contributed by atoms with van der Waals surface area (Å²) in [5.41, 5.74) is 8.10. The molecule has 0 aliphatic carbocycles. The van der Waals surface area contributed by atoms with Crippen LogP contribution in [0.5, 0.6) is 0 Å². The maximum atomic E-state index is 12.6. The minimum atomic E-state index is -0.0255. The van der Waals surface area contributed by atoms with Gasteiger partial charge in [0.25, 0.3) is 5.91 Å². The molecule has 20 heavy (non-hydrogen) atoms. The van der Waals surface area contributed by atoms with Gasteiger partial charge in [0.15, 0.2) is 0 Å². The van der Waals surface area contributed by atoms with Gasteiger partial charge in [0.05, 0.1) is 0 Å². The maximum absolute atomic E-state index is 12.6. The van der Waals surface area contributed by atoms with Gasteiger partial charge in [-0.15, -0.1) is 0 Å². The molecule has 0 unspecified atom stereocenters. The largest absolute Gasteiger partial charge is 0.399 e. The molecule has 0 radical (unpaired) electrons. The molecule has 1 heterocycles. The van der Waals surface area contributed by atoms with E-state index in [0.717, 1.165) is 5.56 Å². The minimum Gasteiger partial charge on any atom is -0.399 e. The van der Waals surface area contributed by atoms with E-state index in [1.165, 1.54) is 0 Å². The standard InChI is InChI=1S/C15H20N4O/c1-11(2)19(10-12-5-4-6-13(16)9-12)15(20)14-7-8-17-18(14)3/h4-9,11H,10,16H2,1-3H3. The van der Waals surface area contributed by atoms with Gasteiger partial charge in [-0.2, -0.15) is 5.10 Å². The van der Waals surface area contributed by atoms with E-state index in [2.05, 4.69) is 5.10 Å². The number of hydrogen-bond donors (Lipinski definition) is 1. The van der Waals surface area contributed by atoms with Crippen molar-refractivity contribution in [3.05, 3.63) is 47.8 Å². The second-order valence-corrected chi connectivity index (χ2v) is 5.11. The number of hydrogen-bond acceptors (Lipinski definition) is 3. The van der Waals surface area contributed by atoms with E-state index in [-0.39, 0.29) is 11.9 Å². The second-order valence-electron chi connectivity index (χ2n) is 5.11. The number of carbonyl (C=O) groups excluding carboxylic acids is 1. The molecule has 0 saturated heterocycles. The SMILES string of the molecule is CC(C)N(Cc1cccc(N)c1)C(=O)c1ccnn1C. The third-order valence-corrected chi connectivity index (χ3v) is 3.23. The highest BCUT2D eigenvalue weighted by atomic mass is 16.2. The molecule has 0 fully saturated rings. The molecule has 2 N–H and O–H groups in total. The van der Waals surface area contributed by atoms with Crippen LogP contribution >= 0.6 is 0 Å². The first-order valence-corrected chi connectivity index (χ1v) is 6.62. The Balaban J connectivity index is 2.24. The van der Waals surface area contributed by atoms with Crippen LogP contribution in [0.2, 0.25) is 0 Å². The van der Waals surface area contributed by atoms with Crippen molar-refractivity contribution in [2.45, 2.75) is 26.4 Å². The van der Waals surface area contributed by atoms with Gasteiger partial charge in [-0.3, -0.25) is 9.48 Å². The van der Waals surface area contributed by atoms with Gasteiger partial charge in [0.1, 0.15) is 5.69 Å². The summed E-state index contributed by atoms with van der Waals surface area (Å²) in [6.07, 6.45) is 1.63. The molecule has 2 aromatic rings. The molecule has 0 saturated carbocycles. The van der Waals surface area contributed by atoms with Gasteiger partial charge < -0.3 is 10.6 Å². The third-order valence-electron chi connectivity index (χ3n) is 3.23. The second kappa shape index (κ2) is 5.77. The van der Waals surface area contributed by atoms with E-state index >= 15 is 0 Å². The van der Waals surface area contributed by atoms with Crippen molar-refractivity contribution in [1.29, 1.82) is 0 Å². The summed E-state index contributed by atoms with van der Waals surface area (Å²) >= 11 is 0. The summed E-state index contributed by atoms with van der Waals surface area (Å²) in [4.78, 5) is 14.4. The Bertz CT molecular complexity index is 603. The monoisotopic (exact) mass is 272 g/mol. The summed E-state index contributed by atoms with van der Waals surface area (Å²) in [5, 5.41) is 4.05. The van der Waals surface area contributed by atoms with Crippen molar-refractivity contribution in [2.75, 3.05) is 5.73 Å². The Kier molecular flexibility index (Phi) is 4.08. The first kappa shape index (κ1) is 14.1. The quantitative estimate of drug-likeness (QED) is 0.866. The molecular formula is C15H20N4O. The lowest BCUT2D eigenvalue weighted by molar-refractivity contribution is 0.0679. The molecule has 2 rings (SSSR count). The smallest absolute Gasteiger partial charge is 0.272 e. The highest BCUT2D eigenvalue weighted by Gasteiger charge is 2.21. The summed E-state index contributed by atoms with van der Waals surface area (Å²) in [7, 11) is 1.77. The van der Waals surface area contributed by atoms with Crippen LogP contribution in [-0.2, 0) is 13.6 Å². The molecule has 0 atom stereocenters. The number of rotatable bonds is 4. The van der Waals surface area contributed by atoms with Crippen LogP contribution in [0, 0.1) is 0 Å². The van der Waals surface area contributed by atoms with Gasteiger partial charge in [0, 0.05) is 31.5 Å². The average Bonchev–Trinajstić information content (AvgIpc) is 2.81. The topological polar surface area (TPSA) is 64.2 Å². The molecule has 0 aliphatic heterocycles. The number of nitrogens with two attached hydrogens (primary N) is 1. The maximum Gasteiger partial charge on any atom is 0.272 e. The summed E-state index contributed by atoms with van der Waals surface area (Å²) in [5.74, 6) is -0.0255. The lowest BCUT2D eigenvalue weighted by Gasteiger charge is -2.27. The van der Waals surface area contributed by atoms with Gasteiger partial charge in [-0.1, -0.05) is 12.1 Å². The number of aromatic nitrogens is 2. The van der Waals surface area contributed by atoms with Crippen molar-refractivity contribution >= 4 is 11.6 Å². The predicted octanol–water partition coefficient (Wildman–Crippen LogP) is 2.05. The molecule has 0 bridgehead atoms.